The molecule has 0 aromatic heterocycles. The Morgan fingerprint density at radius 2 is 1.25 bits per heavy atom. The van der Waals surface area contributed by atoms with Crippen molar-refractivity contribution in [1.29, 1.82) is 0 Å². The first-order chi connectivity index (χ1) is 10.7. The molecule has 0 unspecified atom stereocenters. The maximum absolute atomic E-state index is 4.50. The van der Waals surface area contributed by atoms with E-state index in [1.54, 1.807) is 10.4 Å². The highest BCUT2D eigenvalue weighted by Gasteiger charge is 2.45. The minimum atomic E-state index is -1.62. The van der Waals surface area contributed by atoms with Gasteiger partial charge < -0.3 is 5.73 Å². The Bertz CT molecular complexity index is 558. The molecule has 0 radical (unpaired) electrons. The van der Waals surface area contributed by atoms with Gasteiger partial charge in [0.05, 0.1) is 16.1 Å². The molecule has 0 saturated heterocycles. The van der Waals surface area contributed by atoms with Gasteiger partial charge in [-0.15, -0.1) is 0 Å². The summed E-state index contributed by atoms with van der Waals surface area (Å²) in [6.45, 7) is 28.7. The summed E-state index contributed by atoms with van der Waals surface area (Å²) in [5.41, 5.74) is 5.87. The SMILES string of the molecule is C=Cc1cccc([Si](C)(C)C(C)(C)C)c1[Si](C)(C)C(C)(C)C.CN. The molecule has 1 aromatic carbocycles. The lowest BCUT2D eigenvalue weighted by Crippen LogP contribution is -2.65. The molecule has 3 heteroatoms. The van der Waals surface area contributed by atoms with E-state index in [0.29, 0.717) is 10.1 Å². The first kappa shape index (κ1) is 23.4. The van der Waals surface area contributed by atoms with Crippen LogP contribution in [0.4, 0.5) is 0 Å². The first-order valence-corrected chi connectivity index (χ1v) is 15.0. The normalized spacial score (nSPS) is 13.2. The number of hydrogen-bond acceptors (Lipinski definition) is 1. The van der Waals surface area contributed by atoms with Crippen LogP contribution in [0.3, 0.4) is 0 Å². The van der Waals surface area contributed by atoms with Crippen LogP contribution in [0.2, 0.25) is 36.3 Å². The third kappa shape index (κ3) is 4.30. The van der Waals surface area contributed by atoms with Gasteiger partial charge in [0.1, 0.15) is 0 Å². The fourth-order valence-electron chi connectivity index (χ4n) is 2.74. The van der Waals surface area contributed by atoms with Gasteiger partial charge in [-0.05, 0) is 22.7 Å². The van der Waals surface area contributed by atoms with Crippen LogP contribution in [0.25, 0.3) is 6.08 Å². The van der Waals surface area contributed by atoms with E-state index in [1.807, 2.05) is 0 Å². The highest BCUT2D eigenvalue weighted by molar-refractivity contribution is 7.01. The van der Waals surface area contributed by atoms with E-state index in [-0.39, 0.29) is 0 Å². The standard InChI is InChI=1S/C20H36Si2.CH5N/c1-12-16-14-13-15-17(21(8,9)19(2,3)4)18(16)22(10,11)20(5,6)7;1-2/h12-15H,1H2,2-11H3;2H2,1H3. The zero-order chi connectivity index (χ0) is 19.6. The molecule has 0 saturated carbocycles. The Labute approximate surface area is 153 Å². The number of nitrogens with two attached hydrogens (primary N) is 1. The molecule has 0 aliphatic rings. The van der Waals surface area contributed by atoms with Gasteiger partial charge in [-0.1, -0.05) is 109 Å². The van der Waals surface area contributed by atoms with Crippen LogP contribution in [0.5, 0.6) is 0 Å². The van der Waals surface area contributed by atoms with Crippen LogP contribution in [0, 0.1) is 0 Å². The van der Waals surface area contributed by atoms with Crippen LogP contribution in [-0.2, 0) is 0 Å². The molecular weight excluding hydrogens is 322 g/mol. The Morgan fingerprint density at radius 1 is 0.833 bits per heavy atom. The van der Waals surface area contributed by atoms with Gasteiger partial charge in [-0.2, -0.15) is 0 Å². The zero-order valence-corrected chi connectivity index (χ0v) is 20.1. The van der Waals surface area contributed by atoms with Crippen molar-refractivity contribution >= 4 is 32.6 Å². The Balaban J connectivity index is 0.00000254. The van der Waals surface area contributed by atoms with E-state index in [4.69, 9.17) is 0 Å². The van der Waals surface area contributed by atoms with Gasteiger partial charge >= 0.3 is 0 Å². The summed E-state index contributed by atoms with van der Waals surface area (Å²) in [5, 5.41) is 4.00. The molecule has 0 spiro atoms. The molecule has 0 fully saturated rings. The Kier molecular flexibility index (Phi) is 7.50. The average Bonchev–Trinajstić information content (AvgIpc) is 2.46. The molecule has 0 bridgehead atoms. The lowest BCUT2D eigenvalue weighted by Gasteiger charge is -2.45. The summed E-state index contributed by atoms with van der Waals surface area (Å²) in [7, 11) is -1.69. The molecule has 0 aliphatic carbocycles. The van der Waals surface area contributed by atoms with E-state index in [0.717, 1.165) is 0 Å². The summed E-state index contributed by atoms with van der Waals surface area (Å²) in [6, 6.07) is 6.92. The predicted molar refractivity (Wildman–Crippen MR) is 120 cm³/mol. The molecule has 0 heterocycles. The van der Waals surface area contributed by atoms with Crippen molar-refractivity contribution in [3.05, 3.63) is 30.3 Å². The minimum Gasteiger partial charge on any atom is -0.333 e. The molecule has 0 atom stereocenters. The molecular formula is C21H41NSi2. The molecule has 0 amide bonds. The fourth-order valence-corrected chi connectivity index (χ4v) is 9.12. The quantitative estimate of drug-likeness (QED) is 0.721. The van der Waals surface area contributed by atoms with Gasteiger partial charge in [0, 0.05) is 0 Å². The lowest BCUT2D eigenvalue weighted by molar-refractivity contribution is 0.726. The van der Waals surface area contributed by atoms with E-state index in [2.05, 4.69) is 104 Å². The summed E-state index contributed by atoms with van der Waals surface area (Å²) >= 11 is 0. The summed E-state index contributed by atoms with van der Waals surface area (Å²) in [5.74, 6) is 0. The molecule has 1 rings (SSSR count). The smallest absolute Gasteiger partial charge is 0.0865 e. The third-order valence-electron chi connectivity index (χ3n) is 6.36. The monoisotopic (exact) mass is 363 g/mol. The van der Waals surface area contributed by atoms with E-state index in [1.165, 1.54) is 12.6 Å². The van der Waals surface area contributed by atoms with Crippen molar-refractivity contribution in [3.8, 4) is 0 Å². The van der Waals surface area contributed by atoms with E-state index >= 15 is 0 Å². The predicted octanol–water partition coefficient (Wildman–Crippen LogP) is 5.34. The van der Waals surface area contributed by atoms with Gasteiger partial charge in [-0.3, -0.25) is 0 Å². The van der Waals surface area contributed by atoms with Crippen molar-refractivity contribution in [2.75, 3.05) is 7.05 Å². The molecule has 1 aromatic rings. The van der Waals surface area contributed by atoms with Crippen LogP contribution in [-0.4, -0.2) is 23.2 Å². The second-order valence-electron chi connectivity index (χ2n) is 9.72. The number of rotatable bonds is 3. The molecule has 1 nitrogen and oxygen atoms in total. The van der Waals surface area contributed by atoms with Crippen molar-refractivity contribution in [3.63, 3.8) is 0 Å². The van der Waals surface area contributed by atoms with Crippen LogP contribution < -0.4 is 16.1 Å². The summed E-state index contributed by atoms with van der Waals surface area (Å²) in [6.07, 6.45) is 2.08. The van der Waals surface area contributed by atoms with Crippen molar-refractivity contribution in [2.45, 2.75) is 77.8 Å². The maximum Gasteiger partial charge on any atom is 0.0865 e. The second-order valence-corrected chi connectivity index (χ2v) is 20.3. The largest absolute Gasteiger partial charge is 0.333 e. The van der Waals surface area contributed by atoms with Crippen molar-refractivity contribution in [1.82, 2.24) is 0 Å². The molecule has 24 heavy (non-hydrogen) atoms. The average molecular weight is 364 g/mol. The zero-order valence-electron chi connectivity index (χ0n) is 18.1. The third-order valence-corrected chi connectivity index (χ3v) is 17.7. The Hall–Kier alpha value is -0.646. The number of benzene rings is 1. The Morgan fingerprint density at radius 3 is 1.58 bits per heavy atom. The first-order valence-electron chi connectivity index (χ1n) is 9.02. The van der Waals surface area contributed by atoms with E-state index < -0.39 is 16.1 Å². The molecule has 0 aliphatic heterocycles. The topological polar surface area (TPSA) is 26.0 Å². The molecule has 2 N–H and O–H groups in total. The van der Waals surface area contributed by atoms with Gasteiger partial charge in [0.15, 0.2) is 0 Å². The highest BCUT2D eigenvalue weighted by Crippen LogP contribution is 2.39. The highest BCUT2D eigenvalue weighted by atomic mass is 28.3. The van der Waals surface area contributed by atoms with Gasteiger partial charge in [0.25, 0.3) is 0 Å². The second kappa shape index (κ2) is 7.71. The van der Waals surface area contributed by atoms with Crippen molar-refractivity contribution < 1.29 is 0 Å². The summed E-state index contributed by atoms with van der Waals surface area (Å²) in [4.78, 5) is 0. The fraction of sp³-hybridized carbons (Fsp3) is 0.619. The molecule has 138 valence electrons. The van der Waals surface area contributed by atoms with Crippen LogP contribution >= 0.6 is 0 Å². The van der Waals surface area contributed by atoms with Crippen molar-refractivity contribution in [2.24, 2.45) is 5.73 Å². The summed E-state index contributed by atoms with van der Waals surface area (Å²) < 4.78 is 0. The van der Waals surface area contributed by atoms with Crippen LogP contribution in [0.1, 0.15) is 47.1 Å². The minimum absolute atomic E-state index is 0.337. The maximum atomic E-state index is 4.50. The van der Waals surface area contributed by atoms with Crippen LogP contribution in [0.15, 0.2) is 24.8 Å². The lowest BCUT2D eigenvalue weighted by atomic mass is 10.2. The van der Waals surface area contributed by atoms with Gasteiger partial charge in [0.2, 0.25) is 0 Å². The van der Waals surface area contributed by atoms with Gasteiger partial charge in [-0.25, -0.2) is 0 Å². The number of hydrogen-bond donors (Lipinski definition) is 1. The van der Waals surface area contributed by atoms with E-state index in [9.17, 15) is 0 Å².